The van der Waals surface area contributed by atoms with Crippen molar-refractivity contribution in [3.05, 3.63) is 49.1 Å². The first-order chi connectivity index (χ1) is 16.5. The van der Waals surface area contributed by atoms with Gasteiger partial charge in [-0.1, -0.05) is 24.6 Å². The molecule has 3 atom stereocenters. The maximum absolute atomic E-state index is 13.9. The number of thiophene rings is 2. The third-order valence-electron chi connectivity index (χ3n) is 6.38. The Morgan fingerprint density at radius 2 is 2.14 bits per heavy atom. The van der Waals surface area contributed by atoms with Crippen molar-refractivity contribution in [3.8, 4) is 0 Å². The molecule has 0 spiro atoms. The summed E-state index contributed by atoms with van der Waals surface area (Å²) in [6, 6.07) is 0.913. The summed E-state index contributed by atoms with van der Waals surface area (Å²) < 4.78 is 42.6. The van der Waals surface area contributed by atoms with Crippen molar-refractivity contribution in [2.45, 2.75) is 50.9 Å². The molecular weight excluding hydrogens is 523 g/mol. The number of carbonyl (C=O) groups is 2. The van der Waals surface area contributed by atoms with Gasteiger partial charge in [0.1, 0.15) is 15.8 Å². The highest BCUT2D eigenvalue weighted by atomic mass is 35.5. The van der Waals surface area contributed by atoms with Crippen LogP contribution in [0.5, 0.6) is 0 Å². The van der Waals surface area contributed by atoms with E-state index < -0.39 is 30.1 Å². The zero-order chi connectivity index (χ0) is 25.1. The molecule has 1 aliphatic heterocycles. The SMILES string of the molecule is C[C@H]1CCc2c(sc(NC(=O)c3nn4c(c3Cl)N[C@@H](c3cccs3)C[C@H]4C(F)(F)F)c2C(N)=O)C1. The van der Waals surface area contributed by atoms with Crippen LogP contribution in [0.2, 0.25) is 5.02 Å². The van der Waals surface area contributed by atoms with E-state index in [0.717, 1.165) is 32.8 Å². The molecule has 4 N–H and O–H groups in total. The zero-order valence-corrected chi connectivity index (χ0v) is 20.8. The number of hydrogen-bond acceptors (Lipinski definition) is 6. The predicted octanol–water partition coefficient (Wildman–Crippen LogP) is 5.80. The van der Waals surface area contributed by atoms with Crippen LogP contribution < -0.4 is 16.4 Å². The van der Waals surface area contributed by atoms with E-state index in [1.54, 1.807) is 17.5 Å². The first kappa shape index (κ1) is 24.1. The highest BCUT2D eigenvalue weighted by Crippen LogP contribution is 2.47. The minimum atomic E-state index is -4.60. The lowest BCUT2D eigenvalue weighted by Crippen LogP contribution is -2.35. The number of primary amides is 1. The normalized spacial score (nSPS) is 21.7. The van der Waals surface area contributed by atoms with Gasteiger partial charge in [-0.05, 0) is 42.2 Å². The first-order valence-electron chi connectivity index (χ1n) is 10.9. The number of nitrogens with two attached hydrogens (primary N) is 1. The Balaban J connectivity index is 1.50. The fraction of sp³-hybridized carbons (Fsp3) is 0.409. The molecule has 4 heterocycles. The lowest BCUT2D eigenvalue weighted by atomic mass is 9.88. The van der Waals surface area contributed by atoms with Gasteiger partial charge >= 0.3 is 6.18 Å². The quantitative estimate of drug-likeness (QED) is 0.387. The highest BCUT2D eigenvalue weighted by molar-refractivity contribution is 7.17. The maximum Gasteiger partial charge on any atom is 0.410 e. The van der Waals surface area contributed by atoms with E-state index in [0.29, 0.717) is 12.3 Å². The van der Waals surface area contributed by atoms with Crippen LogP contribution in [0.4, 0.5) is 24.0 Å². The van der Waals surface area contributed by atoms with Crippen LogP contribution >= 0.6 is 34.3 Å². The number of aromatic nitrogens is 2. The third kappa shape index (κ3) is 4.31. The van der Waals surface area contributed by atoms with Gasteiger partial charge in [-0.2, -0.15) is 18.3 Å². The van der Waals surface area contributed by atoms with Crippen molar-refractivity contribution in [2.24, 2.45) is 11.7 Å². The summed E-state index contributed by atoms with van der Waals surface area (Å²) in [5.74, 6) is -1.11. The van der Waals surface area contributed by atoms with Crippen LogP contribution in [-0.4, -0.2) is 27.8 Å². The molecule has 5 rings (SSSR count). The maximum atomic E-state index is 13.9. The summed E-state index contributed by atoms with van der Waals surface area (Å²) in [5.41, 5.74) is 6.32. The summed E-state index contributed by atoms with van der Waals surface area (Å²) in [5, 5.41) is 11.4. The molecule has 2 amide bonds. The van der Waals surface area contributed by atoms with Gasteiger partial charge in [0, 0.05) is 16.2 Å². The minimum Gasteiger partial charge on any atom is -0.365 e. The van der Waals surface area contributed by atoms with Gasteiger partial charge in [-0.25, -0.2) is 4.68 Å². The van der Waals surface area contributed by atoms with Gasteiger partial charge in [0.25, 0.3) is 11.8 Å². The van der Waals surface area contributed by atoms with Crippen LogP contribution in [0.25, 0.3) is 0 Å². The van der Waals surface area contributed by atoms with Crippen LogP contribution in [0.1, 0.15) is 68.0 Å². The molecule has 0 bridgehead atoms. The topological polar surface area (TPSA) is 102 Å². The summed E-state index contributed by atoms with van der Waals surface area (Å²) in [7, 11) is 0. The smallest absolute Gasteiger partial charge is 0.365 e. The van der Waals surface area contributed by atoms with Crippen molar-refractivity contribution in [2.75, 3.05) is 10.6 Å². The Hall–Kier alpha value is -2.57. The van der Waals surface area contributed by atoms with Crippen LogP contribution in [0.3, 0.4) is 0 Å². The Morgan fingerprint density at radius 3 is 2.80 bits per heavy atom. The van der Waals surface area contributed by atoms with E-state index in [1.165, 1.54) is 22.7 Å². The van der Waals surface area contributed by atoms with E-state index >= 15 is 0 Å². The number of anilines is 2. The average molecular weight is 544 g/mol. The minimum absolute atomic E-state index is 0.0711. The number of nitrogens with one attached hydrogen (secondary N) is 2. The number of amides is 2. The molecule has 1 aliphatic carbocycles. The van der Waals surface area contributed by atoms with Crippen LogP contribution in [0.15, 0.2) is 17.5 Å². The number of fused-ring (bicyclic) bond motifs is 2. The lowest BCUT2D eigenvalue weighted by molar-refractivity contribution is -0.173. The van der Waals surface area contributed by atoms with E-state index in [-0.39, 0.29) is 33.5 Å². The molecule has 2 aliphatic rings. The van der Waals surface area contributed by atoms with Crippen LogP contribution in [-0.2, 0) is 12.8 Å². The van der Waals surface area contributed by atoms with Gasteiger partial charge < -0.3 is 16.4 Å². The van der Waals surface area contributed by atoms with Gasteiger partial charge in [0.2, 0.25) is 0 Å². The molecule has 0 unspecified atom stereocenters. The summed E-state index contributed by atoms with van der Waals surface area (Å²) >= 11 is 9.00. The van der Waals surface area contributed by atoms with Gasteiger partial charge in [0.05, 0.1) is 11.6 Å². The molecule has 13 heteroatoms. The Labute approximate surface area is 211 Å². The number of hydrogen-bond donors (Lipinski definition) is 3. The van der Waals surface area contributed by atoms with Crippen molar-refractivity contribution >= 4 is 56.9 Å². The average Bonchev–Trinajstić information content (AvgIpc) is 3.50. The van der Waals surface area contributed by atoms with E-state index in [2.05, 4.69) is 22.7 Å². The van der Waals surface area contributed by atoms with Gasteiger partial charge in [-0.15, -0.1) is 22.7 Å². The van der Waals surface area contributed by atoms with E-state index in [4.69, 9.17) is 17.3 Å². The zero-order valence-electron chi connectivity index (χ0n) is 18.4. The second kappa shape index (κ2) is 8.82. The molecule has 7 nitrogen and oxygen atoms in total. The monoisotopic (exact) mass is 543 g/mol. The molecule has 0 radical (unpaired) electrons. The molecule has 186 valence electrons. The van der Waals surface area contributed by atoms with Crippen molar-refractivity contribution < 1.29 is 22.8 Å². The summed E-state index contributed by atoms with van der Waals surface area (Å²) in [6.07, 6.45) is -2.57. The Morgan fingerprint density at radius 1 is 1.37 bits per heavy atom. The molecular formula is C22H21ClF3N5O2S2. The third-order valence-corrected chi connectivity index (χ3v) is 8.90. The van der Waals surface area contributed by atoms with Crippen molar-refractivity contribution in [3.63, 3.8) is 0 Å². The Kier molecular flexibility index (Phi) is 6.09. The van der Waals surface area contributed by atoms with E-state index in [9.17, 15) is 22.8 Å². The number of nitrogens with zero attached hydrogens (tertiary/aromatic N) is 2. The molecule has 0 saturated heterocycles. The molecule has 3 aromatic heterocycles. The molecule has 35 heavy (non-hydrogen) atoms. The Bertz CT molecular complexity index is 1300. The molecule has 0 saturated carbocycles. The number of halogens is 4. The number of rotatable bonds is 4. The van der Waals surface area contributed by atoms with E-state index in [1.807, 2.05) is 0 Å². The molecule has 0 fully saturated rings. The molecule has 3 aromatic rings. The largest absolute Gasteiger partial charge is 0.410 e. The van der Waals surface area contributed by atoms with Gasteiger partial charge in [-0.3, -0.25) is 9.59 Å². The fourth-order valence-electron chi connectivity index (χ4n) is 4.67. The summed E-state index contributed by atoms with van der Waals surface area (Å²) in [4.78, 5) is 27.0. The standard InChI is InChI=1S/C22H21ClF3N5O2S2/c1-9-4-5-10-13(7-9)35-21(15(10)18(27)32)29-20(33)17-16(23)19-28-11(12-3-2-6-34-12)8-14(22(24,25)26)31(19)30-17/h2-3,6,9,11,14,28H,4-5,7-8H2,1H3,(H2,27,32)(H,29,33)/t9-,11+,14-/m0/s1. The summed E-state index contributed by atoms with van der Waals surface area (Å²) in [6.45, 7) is 2.10. The second-order valence-corrected chi connectivity index (χ2v) is 11.3. The van der Waals surface area contributed by atoms with Crippen molar-refractivity contribution in [1.82, 2.24) is 9.78 Å². The lowest BCUT2D eigenvalue weighted by Gasteiger charge is -2.32. The fourth-order valence-corrected chi connectivity index (χ4v) is 7.14. The van der Waals surface area contributed by atoms with Gasteiger partial charge in [0.15, 0.2) is 11.7 Å². The van der Waals surface area contributed by atoms with Crippen molar-refractivity contribution in [1.29, 1.82) is 0 Å². The number of carbonyl (C=O) groups excluding carboxylic acids is 2. The number of alkyl halides is 3. The first-order valence-corrected chi connectivity index (χ1v) is 13.0. The molecule has 0 aromatic carbocycles. The predicted molar refractivity (Wildman–Crippen MR) is 130 cm³/mol. The van der Waals surface area contributed by atoms with Crippen LogP contribution in [0, 0.1) is 5.92 Å². The second-order valence-electron chi connectivity index (χ2n) is 8.84. The highest BCUT2D eigenvalue weighted by Gasteiger charge is 2.48.